The van der Waals surface area contributed by atoms with Crippen molar-refractivity contribution in [3.05, 3.63) is 0 Å². The van der Waals surface area contributed by atoms with Gasteiger partial charge in [-0.2, -0.15) is 0 Å². The molecule has 2 fully saturated rings. The largest absolute Gasteiger partial charge is 0.332 e. The van der Waals surface area contributed by atoms with E-state index in [0.717, 1.165) is 39.3 Å². The molecule has 2 aliphatic rings. The molecular weight excluding hydrogens is 282 g/mol. The Labute approximate surface area is 133 Å². The number of amides is 2. The van der Waals surface area contributed by atoms with Gasteiger partial charge in [0.2, 0.25) is 0 Å². The number of hydrogen-bond donors (Lipinski definition) is 0. The van der Waals surface area contributed by atoms with E-state index in [4.69, 9.17) is 0 Å². The first-order valence-corrected chi connectivity index (χ1v) is 8.11. The van der Waals surface area contributed by atoms with Gasteiger partial charge in [0.1, 0.15) is 0 Å². The normalized spacial score (nSPS) is 21.5. The van der Waals surface area contributed by atoms with Crippen LogP contribution in [0, 0.1) is 0 Å². The fourth-order valence-electron chi connectivity index (χ4n) is 2.80. The predicted octanol–water partition coefficient (Wildman–Crippen LogP) is -1.53. The summed E-state index contributed by atoms with van der Waals surface area (Å²) in [5.74, 6) is -0.647. The summed E-state index contributed by atoms with van der Waals surface area (Å²) in [7, 11) is 6.17. The molecule has 126 valence electrons. The lowest BCUT2D eigenvalue weighted by Crippen LogP contribution is -2.56. The Morgan fingerprint density at radius 3 is 1.73 bits per heavy atom. The highest BCUT2D eigenvalue weighted by Gasteiger charge is 2.30. The first kappa shape index (κ1) is 17.2. The van der Waals surface area contributed by atoms with Gasteiger partial charge in [0.05, 0.1) is 0 Å². The van der Waals surface area contributed by atoms with Gasteiger partial charge in [-0.05, 0) is 21.1 Å². The van der Waals surface area contributed by atoms with E-state index in [0.29, 0.717) is 26.2 Å². The monoisotopic (exact) mass is 311 g/mol. The molecule has 2 rings (SSSR count). The van der Waals surface area contributed by atoms with Crippen molar-refractivity contribution >= 4 is 11.8 Å². The summed E-state index contributed by atoms with van der Waals surface area (Å²) in [6.07, 6.45) is 0. The van der Waals surface area contributed by atoms with Gasteiger partial charge in [-0.3, -0.25) is 14.5 Å². The first-order valence-electron chi connectivity index (χ1n) is 8.11. The number of carbonyl (C=O) groups excluding carboxylic acids is 2. The Balaban J connectivity index is 1.76. The zero-order valence-corrected chi connectivity index (χ0v) is 14.1. The number of likely N-dealkylation sites (N-methyl/N-ethyl adjacent to an activating group) is 2. The van der Waals surface area contributed by atoms with Gasteiger partial charge in [-0.15, -0.1) is 0 Å². The highest BCUT2D eigenvalue weighted by atomic mass is 16.2. The molecule has 7 nitrogen and oxygen atoms in total. The van der Waals surface area contributed by atoms with E-state index in [9.17, 15) is 9.59 Å². The van der Waals surface area contributed by atoms with Crippen LogP contribution in [-0.2, 0) is 9.59 Å². The first-order chi connectivity index (χ1) is 10.5. The van der Waals surface area contributed by atoms with Crippen LogP contribution in [0.15, 0.2) is 0 Å². The Bertz CT molecular complexity index is 385. The lowest BCUT2D eigenvalue weighted by Gasteiger charge is -2.37. The summed E-state index contributed by atoms with van der Waals surface area (Å²) >= 11 is 0. The molecular formula is C15H29N5O2. The molecule has 0 spiro atoms. The third-order valence-electron chi connectivity index (χ3n) is 4.50. The van der Waals surface area contributed by atoms with E-state index < -0.39 is 0 Å². The molecule has 2 amide bonds. The minimum atomic E-state index is -0.324. The summed E-state index contributed by atoms with van der Waals surface area (Å²) in [4.78, 5) is 34.7. The molecule has 0 N–H and O–H groups in total. The smallest absolute Gasteiger partial charge is 0.312 e. The highest BCUT2D eigenvalue weighted by molar-refractivity contribution is 6.34. The van der Waals surface area contributed by atoms with Gasteiger partial charge in [0.25, 0.3) is 0 Å². The second kappa shape index (κ2) is 7.89. The van der Waals surface area contributed by atoms with Crippen LogP contribution in [0.5, 0.6) is 0 Å². The fourth-order valence-corrected chi connectivity index (χ4v) is 2.80. The van der Waals surface area contributed by atoms with Crippen molar-refractivity contribution in [3.63, 3.8) is 0 Å². The maximum atomic E-state index is 12.3. The predicted molar refractivity (Wildman–Crippen MR) is 85.7 cm³/mol. The molecule has 0 aromatic heterocycles. The summed E-state index contributed by atoms with van der Waals surface area (Å²) in [5, 5.41) is 0. The average molecular weight is 311 g/mol. The van der Waals surface area contributed by atoms with Crippen LogP contribution in [0.2, 0.25) is 0 Å². The Morgan fingerprint density at radius 2 is 1.27 bits per heavy atom. The topological polar surface area (TPSA) is 50.3 Å². The van der Waals surface area contributed by atoms with E-state index in [2.05, 4.69) is 28.8 Å². The maximum absolute atomic E-state index is 12.3. The van der Waals surface area contributed by atoms with Gasteiger partial charge in [0, 0.05) is 65.4 Å². The van der Waals surface area contributed by atoms with E-state index in [1.165, 1.54) is 0 Å². The lowest BCUT2D eigenvalue weighted by molar-refractivity contribution is -0.153. The minimum absolute atomic E-state index is 0.322. The maximum Gasteiger partial charge on any atom is 0.312 e. The summed E-state index contributed by atoms with van der Waals surface area (Å²) in [6, 6.07) is 0. The minimum Gasteiger partial charge on any atom is -0.332 e. The van der Waals surface area contributed by atoms with E-state index in [1.807, 2.05) is 7.05 Å². The molecule has 0 atom stereocenters. The quantitative estimate of drug-likeness (QED) is 0.592. The van der Waals surface area contributed by atoms with E-state index >= 15 is 0 Å². The molecule has 0 radical (unpaired) electrons. The molecule has 0 saturated carbocycles. The number of rotatable bonds is 3. The van der Waals surface area contributed by atoms with Crippen molar-refractivity contribution in [2.45, 2.75) is 0 Å². The third-order valence-corrected chi connectivity index (χ3v) is 4.50. The van der Waals surface area contributed by atoms with Crippen molar-refractivity contribution in [1.29, 1.82) is 0 Å². The zero-order valence-electron chi connectivity index (χ0n) is 14.1. The van der Waals surface area contributed by atoms with Gasteiger partial charge in [-0.1, -0.05) is 0 Å². The lowest BCUT2D eigenvalue weighted by atomic mass is 10.2. The molecule has 2 aliphatic heterocycles. The Hall–Kier alpha value is -1.18. The second-order valence-electron chi connectivity index (χ2n) is 6.53. The highest BCUT2D eigenvalue weighted by Crippen LogP contribution is 2.06. The molecule has 0 bridgehead atoms. The number of piperazine rings is 2. The van der Waals surface area contributed by atoms with Gasteiger partial charge >= 0.3 is 11.8 Å². The zero-order chi connectivity index (χ0) is 16.1. The van der Waals surface area contributed by atoms with Crippen molar-refractivity contribution in [2.75, 3.05) is 86.6 Å². The van der Waals surface area contributed by atoms with Crippen molar-refractivity contribution < 1.29 is 9.59 Å². The second-order valence-corrected chi connectivity index (χ2v) is 6.53. The molecule has 0 aromatic carbocycles. The number of hydrogen-bond acceptors (Lipinski definition) is 5. The fraction of sp³-hybridized carbons (Fsp3) is 0.867. The SMILES string of the molecule is CN(C)CCN1CCN(C(=O)C(=O)N2CCN(C)CC2)CC1. The van der Waals surface area contributed by atoms with Crippen LogP contribution in [0.3, 0.4) is 0 Å². The van der Waals surface area contributed by atoms with Crippen LogP contribution >= 0.6 is 0 Å². The Morgan fingerprint density at radius 1 is 0.818 bits per heavy atom. The Kier molecular flexibility index (Phi) is 6.16. The van der Waals surface area contributed by atoms with E-state index in [-0.39, 0.29) is 11.8 Å². The number of nitrogens with zero attached hydrogens (tertiary/aromatic N) is 5. The van der Waals surface area contributed by atoms with Crippen LogP contribution in [0.1, 0.15) is 0 Å². The summed E-state index contributed by atoms with van der Waals surface area (Å²) in [5.41, 5.74) is 0. The van der Waals surface area contributed by atoms with Gasteiger partial charge in [0.15, 0.2) is 0 Å². The number of carbonyl (C=O) groups is 2. The van der Waals surface area contributed by atoms with E-state index in [1.54, 1.807) is 9.80 Å². The van der Waals surface area contributed by atoms with Crippen LogP contribution in [0.4, 0.5) is 0 Å². The van der Waals surface area contributed by atoms with Crippen molar-refractivity contribution in [1.82, 2.24) is 24.5 Å². The molecule has 2 heterocycles. The third kappa shape index (κ3) is 4.66. The molecule has 22 heavy (non-hydrogen) atoms. The molecule has 7 heteroatoms. The molecule has 0 aliphatic carbocycles. The molecule has 2 saturated heterocycles. The summed E-state index contributed by atoms with van der Waals surface area (Å²) in [6.45, 7) is 8.07. The van der Waals surface area contributed by atoms with Crippen LogP contribution < -0.4 is 0 Å². The van der Waals surface area contributed by atoms with Crippen molar-refractivity contribution in [2.24, 2.45) is 0 Å². The molecule has 0 aromatic rings. The molecule has 0 unspecified atom stereocenters. The average Bonchev–Trinajstić information content (AvgIpc) is 2.53. The van der Waals surface area contributed by atoms with Crippen LogP contribution in [0.25, 0.3) is 0 Å². The summed E-state index contributed by atoms with van der Waals surface area (Å²) < 4.78 is 0. The van der Waals surface area contributed by atoms with Crippen molar-refractivity contribution in [3.8, 4) is 0 Å². The standard InChI is InChI=1S/C15H29N5O2/c1-16(2)4-7-18-8-12-20(13-9-18)15(22)14(21)19-10-5-17(3)6-11-19/h4-13H2,1-3H3. The van der Waals surface area contributed by atoms with Gasteiger partial charge in [-0.25, -0.2) is 0 Å². The van der Waals surface area contributed by atoms with Crippen LogP contribution in [-0.4, -0.2) is 123 Å². The van der Waals surface area contributed by atoms with Gasteiger partial charge < -0.3 is 19.6 Å².